The third kappa shape index (κ3) is 1.67. The summed E-state index contributed by atoms with van der Waals surface area (Å²) in [6.07, 6.45) is 0. The summed E-state index contributed by atoms with van der Waals surface area (Å²) in [5, 5.41) is 9.95. The lowest BCUT2D eigenvalue weighted by Gasteiger charge is -1.98. The number of hydrogen-bond donors (Lipinski definition) is 1. The Morgan fingerprint density at radius 1 is 1.62 bits per heavy atom. The molecule has 0 aliphatic carbocycles. The van der Waals surface area contributed by atoms with E-state index in [2.05, 4.69) is 14.7 Å². The molecule has 0 aliphatic rings. The van der Waals surface area contributed by atoms with Crippen molar-refractivity contribution in [3.63, 3.8) is 0 Å². The molecule has 0 radical (unpaired) electrons. The Balaban J connectivity index is 2.23. The topological polar surface area (TPSA) is 69.6 Å². The highest BCUT2D eigenvalue weighted by atomic mass is 32.1. The molecule has 0 fully saturated rings. The minimum atomic E-state index is 0.542. The van der Waals surface area contributed by atoms with Crippen molar-refractivity contribution in [2.45, 2.75) is 13.5 Å². The summed E-state index contributed by atoms with van der Waals surface area (Å²) in [6.45, 7) is 2.60. The van der Waals surface area contributed by atoms with Crippen LogP contribution in [0.4, 0.5) is 5.82 Å². The summed E-state index contributed by atoms with van der Waals surface area (Å²) in [7, 11) is 0. The third-order valence-electron chi connectivity index (χ3n) is 1.72. The highest BCUT2D eigenvalue weighted by Crippen LogP contribution is 2.07. The molecular formula is C7H9N5S. The van der Waals surface area contributed by atoms with Gasteiger partial charge in [0.15, 0.2) is 0 Å². The van der Waals surface area contributed by atoms with Gasteiger partial charge in [0.1, 0.15) is 5.82 Å². The Labute approximate surface area is 79.4 Å². The monoisotopic (exact) mass is 195 g/mol. The van der Waals surface area contributed by atoms with Gasteiger partial charge in [0, 0.05) is 17.1 Å². The van der Waals surface area contributed by atoms with E-state index >= 15 is 0 Å². The molecule has 2 heterocycles. The molecule has 6 heteroatoms. The summed E-state index contributed by atoms with van der Waals surface area (Å²) in [5.41, 5.74) is 7.49. The van der Waals surface area contributed by atoms with Crippen LogP contribution in [0.25, 0.3) is 0 Å². The Morgan fingerprint density at radius 3 is 3.00 bits per heavy atom. The van der Waals surface area contributed by atoms with Crippen molar-refractivity contribution in [3.05, 3.63) is 22.8 Å². The van der Waals surface area contributed by atoms with Gasteiger partial charge in [-0.1, -0.05) is 4.49 Å². The smallest absolute Gasteiger partial charge is 0.145 e. The summed E-state index contributed by atoms with van der Waals surface area (Å²) in [4.78, 5) is 0. The van der Waals surface area contributed by atoms with Gasteiger partial charge in [-0.05, 0) is 18.5 Å². The number of aryl methyl sites for hydroxylation is 1. The maximum Gasteiger partial charge on any atom is 0.145 e. The number of hydrogen-bond acceptors (Lipinski definition) is 5. The second-order valence-electron chi connectivity index (χ2n) is 2.76. The average molecular weight is 195 g/mol. The molecule has 0 unspecified atom stereocenters. The van der Waals surface area contributed by atoms with E-state index in [1.165, 1.54) is 11.5 Å². The zero-order chi connectivity index (χ0) is 9.26. The van der Waals surface area contributed by atoms with E-state index in [0.29, 0.717) is 12.4 Å². The largest absolute Gasteiger partial charge is 0.382 e. The number of aromatic nitrogens is 4. The van der Waals surface area contributed by atoms with Crippen molar-refractivity contribution in [1.29, 1.82) is 0 Å². The second kappa shape index (κ2) is 3.14. The van der Waals surface area contributed by atoms with Gasteiger partial charge >= 0.3 is 0 Å². The van der Waals surface area contributed by atoms with Crippen molar-refractivity contribution in [2.75, 3.05) is 5.73 Å². The van der Waals surface area contributed by atoms with Crippen LogP contribution in [0.5, 0.6) is 0 Å². The fourth-order valence-electron chi connectivity index (χ4n) is 1.10. The van der Waals surface area contributed by atoms with Gasteiger partial charge in [0.05, 0.1) is 12.2 Å². The third-order valence-corrected chi connectivity index (χ3v) is 2.27. The molecule has 0 saturated heterocycles. The number of rotatable bonds is 2. The van der Waals surface area contributed by atoms with Crippen LogP contribution in [0.1, 0.15) is 11.4 Å². The maximum atomic E-state index is 5.54. The summed E-state index contributed by atoms with van der Waals surface area (Å²) in [5.74, 6) is 0.542. The molecule has 0 bridgehead atoms. The van der Waals surface area contributed by atoms with Gasteiger partial charge in [-0.2, -0.15) is 5.10 Å². The lowest BCUT2D eigenvalue weighted by atomic mass is 10.4. The molecule has 2 N–H and O–H groups in total. The molecule has 2 aromatic heterocycles. The van der Waals surface area contributed by atoms with Crippen molar-refractivity contribution >= 4 is 17.4 Å². The Bertz CT molecular complexity index is 391. The van der Waals surface area contributed by atoms with Gasteiger partial charge < -0.3 is 5.73 Å². The predicted molar refractivity (Wildman–Crippen MR) is 50.4 cm³/mol. The molecule has 0 amide bonds. The zero-order valence-electron chi connectivity index (χ0n) is 7.14. The van der Waals surface area contributed by atoms with Crippen LogP contribution in [0.3, 0.4) is 0 Å². The van der Waals surface area contributed by atoms with Crippen LogP contribution < -0.4 is 5.73 Å². The van der Waals surface area contributed by atoms with Crippen molar-refractivity contribution < 1.29 is 0 Å². The van der Waals surface area contributed by atoms with Crippen LogP contribution in [0, 0.1) is 6.92 Å². The standard InChI is InChI=1S/C7H9N5S/c1-5-2-7(8)10-12(5)3-6-4-13-11-9-6/h2,4H,3H2,1H3,(H2,8,10). The van der Waals surface area contributed by atoms with Crippen LogP contribution in [-0.4, -0.2) is 19.4 Å². The summed E-state index contributed by atoms with van der Waals surface area (Å²) < 4.78 is 5.59. The second-order valence-corrected chi connectivity index (χ2v) is 3.37. The van der Waals surface area contributed by atoms with E-state index < -0.39 is 0 Å². The van der Waals surface area contributed by atoms with E-state index in [4.69, 9.17) is 5.73 Å². The van der Waals surface area contributed by atoms with Crippen LogP contribution in [0.2, 0.25) is 0 Å². The van der Waals surface area contributed by atoms with Gasteiger partial charge in [0.2, 0.25) is 0 Å². The molecule has 0 saturated carbocycles. The van der Waals surface area contributed by atoms with E-state index in [0.717, 1.165) is 11.4 Å². The zero-order valence-corrected chi connectivity index (χ0v) is 7.95. The van der Waals surface area contributed by atoms with Crippen molar-refractivity contribution in [2.24, 2.45) is 0 Å². The van der Waals surface area contributed by atoms with E-state index in [1.807, 2.05) is 23.1 Å². The molecule has 13 heavy (non-hydrogen) atoms. The minimum Gasteiger partial charge on any atom is -0.382 e. The fourth-order valence-corrected chi connectivity index (χ4v) is 1.54. The molecular weight excluding hydrogens is 186 g/mol. The number of nitrogens with two attached hydrogens (primary N) is 1. The lowest BCUT2D eigenvalue weighted by molar-refractivity contribution is 0.653. The molecule has 0 aromatic carbocycles. The maximum absolute atomic E-state index is 5.54. The number of nitrogens with zero attached hydrogens (tertiary/aromatic N) is 4. The number of anilines is 1. The van der Waals surface area contributed by atoms with Gasteiger partial charge in [-0.25, -0.2) is 0 Å². The normalized spacial score (nSPS) is 10.5. The van der Waals surface area contributed by atoms with Crippen LogP contribution in [0.15, 0.2) is 11.4 Å². The van der Waals surface area contributed by atoms with Crippen LogP contribution in [-0.2, 0) is 6.54 Å². The highest BCUT2D eigenvalue weighted by Gasteiger charge is 2.03. The Kier molecular flexibility index (Phi) is 1.97. The van der Waals surface area contributed by atoms with Gasteiger partial charge in [-0.3, -0.25) is 4.68 Å². The first-order valence-corrected chi connectivity index (χ1v) is 4.65. The average Bonchev–Trinajstić information content (AvgIpc) is 2.63. The summed E-state index contributed by atoms with van der Waals surface area (Å²) in [6, 6.07) is 1.83. The van der Waals surface area contributed by atoms with E-state index in [1.54, 1.807) is 0 Å². The highest BCUT2D eigenvalue weighted by molar-refractivity contribution is 7.03. The predicted octanol–water partition coefficient (Wildman–Crippen LogP) is 0.674. The summed E-state index contributed by atoms with van der Waals surface area (Å²) >= 11 is 1.34. The minimum absolute atomic E-state index is 0.542. The quantitative estimate of drug-likeness (QED) is 0.764. The molecule has 68 valence electrons. The first-order chi connectivity index (χ1) is 6.25. The molecule has 0 spiro atoms. The van der Waals surface area contributed by atoms with E-state index in [9.17, 15) is 0 Å². The Hall–Kier alpha value is -1.43. The van der Waals surface area contributed by atoms with Gasteiger partial charge in [0.25, 0.3) is 0 Å². The number of nitrogen functional groups attached to an aromatic ring is 1. The van der Waals surface area contributed by atoms with Crippen molar-refractivity contribution in [1.82, 2.24) is 19.4 Å². The Morgan fingerprint density at radius 2 is 2.46 bits per heavy atom. The molecule has 0 aliphatic heterocycles. The van der Waals surface area contributed by atoms with E-state index in [-0.39, 0.29) is 0 Å². The van der Waals surface area contributed by atoms with Gasteiger partial charge in [-0.15, -0.1) is 5.10 Å². The molecule has 2 rings (SSSR count). The molecule has 2 aromatic rings. The first-order valence-electron chi connectivity index (χ1n) is 3.81. The lowest BCUT2D eigenvalue weighted by Crippen LogP contribution is -2.04. The molecule has 0 atom stereocenters. The van der Waals surface area contributed by atoms with Crippen LogP contribution >= 0.6 is 11.5 Å². The van der Waals surface area contributed by atoms with Crippen molar-refractivity contribution in [3.8, 4) is 0 Å². The molecule has 5 nitrogen and oxygen atoms in total. The first kappa shape index (κ1) is 8.18. The SMILES string of the molecule is Cc1cc(N)nn1Cc1csnn1. The fraction of sp³-hybridized carbons (Fsp3) is 0.286.